The molecule has 0 spiro atoms. The molecule has 2 aromatic rings. The molecule has 0 aliphatic rings. The molecule has 0 amide bonds. The van der Waals surface area contributed by atoms with E-state index in [1.165, 1.54) is 11.1 Å². The summed E-state index contributed by atoms with van der Waals surface area (Å²) >= 11 is 14.5. The third-order valence-corrected chi connectivity index (χ3v) is 7.22. The first-order valence-electron chi connectivity index (χ1n) is 12.7. The lowest BCUT2D eigenvalue weighted by molar-refractivity contribution is 0.557. The Hall–Kier alpha value is -1.72. The normalized spacial score (nSPS) is 11.9. The zero-order chi connectivity index (χ0) is 26.8. The van der Waals surface area contributed by atoms with Gasteiger partial charge in [0.2, 0.25) is 0 Å². The predicted octanol–water partition coefficient (Wildman–Crippen LogP) is 9.52. The van der Waals surface area contributed by atoms with E-state index in [-0.39, 0.29) is 0 Å². The van der Waals surface area contributed by atoms with Gasteiger partial charge >= 0.3 is 0 Å². The maximum atomic E-state index is 6.63. The van der Waals surface area contributed by atoms with E-state index in [9.17, 15) is 0 Å². The molecule has 196 valence electrons. The second-order valence-corrected chi connectivity index (χ2v) is 12.0. The number of anilines is 1. The quantitative estimate of drug-likeness (QED) is 0.163. The van der Waals surface area contributed by atoms with Gasteiger partial charge in [-0.3, -0.25) is 4.90 Å². The zero-order valence-corrected chi connectivity index (χ0v) is 25.0. The minimum absolute atomic E-state index is 0.318. The highest BCUT2D eigenvalue weighted by atomic mass is 35.5. The van der Waals surface area contributed by atoms with E-state index in [4.69, 9.17) is 28.2 Å². The van der Waals surface area contributed by atoms with Gasteiger partial charge in [0.1, 0.15) is 0 Å². The van der Waals surface area contributed by atoms with Gasteiger partial charge in [-0.15, -0.1) is 0 Å². The first-order chi connectivity index (χ1) is 17.0. The SMILES string of the molecule is C=C(CCCCNC(C)C)N=C(SC(C)C)N(C(=C)c1ccc(Cl)cc1Cl)c1ccc(C)c(CC)c1. The van der Waals surface area contributed by atoms with Gasteiger partial charge in [0.15, 0.2) is 5.17 Å². The van der Waals surface area contributed by atoms with Crippen molar-refractivity contribution < 1.29 is 0 Å². The van der Waals surface area contributed by atoms with Gasteiger partial charge in [0.25, 0.3) is 0 Å². The number of hydrogen-bond acceptors (Lipinski definition) is 3. The van der Waals surface area contributed by atoms with Crippen LogP contribution < -0.4 is 10.2 Å². The lowest BCUT2D eigenvalue weighted by Crippen LogP contribution is -2.28. The molecule has 0 aliphatic carbocycles. The van der Waals surface area contributed by atoms with Crippen molar-refractivity contribution in [1.82, 2.24) is 5.32 Å². The van der Waals surface area contributed by atoms with Crippen LogP contribution in [0.2, 0.25) is 10.0 Å². The molecule has 0 fully saturated rings. The fourth-order valence-corrected chi connectivity index (χ4v) is 5.22. The zero-order valence-electron chi connectivity index (χ0n) is 22.6. The van der Waals surface area contributed by atoms with Crippen LogP contribution in [0.4, 0.5) is 5.69 Å². The molecule has 0 radical (unpaired) electrons. The van der Waals surface area contributed by atoms with E-state index >= 15 is 0 Å². The lowest BCUT2D eigenvalue weighted by Gasteiger charge is -2.30. The number of rotatable bonds is 12. The maximum Gasteiger partial charge on any atom is 0.173 e. The highest BCUT2D eigenvalue weighted by Gasteiger charge is 2.23. The first kappa shape index (κ1) is 30.5. The Labute approximate surface area is 233 Å². The summed E-state index contributed by atoms with van der Waals surface area (Å²) in [6, 6.07) is 12.5. The van der Waals surface area contributed by atoms with Crippen LogP contribution >= 0.6 is 35.0 Å². The van der Waals surface area contributed by atoms with Crippen molar-refractivity contribution in [3.8, 4) is 0 Å². The lowest BCUT2D eigenvalue weighted by atomic mass is 10.0. The Morgan fingerprint density at radius 2 is 1.78 bits per heavy atom. The maximum absolute atomic E-state index is 6.63. The number of aliphatic imine (C=N–C) groups is 1. The van der Waals surface area contributed by atoms with Gasteiger partial charge < -0.3 is 5.32 Å². The Morgan fingerprint density at radius 1 is 1.06 bits per heavy atom. The largest absolute Gasteiger partial charge is 0.315 e. The van der Waals surface area contributed by atoms with Gasteiger partial charge in [-0.05, 0) is 80.6 Å². The summed E-state index contributed by atoms with van der Waals surface area (Å²) in [5.74, 6) is 0. The van der Waals surface area contributed by atoms with Crippen molar-refractivity contribution in [2.45, 2.75) is 78.5 Å². The number of amidine groups is 1. The molecule has 36 heavy (non-hydrogen) atoms. The molecule has 0 bridgehead atoms. The van der Waals surface area contributed by atoms with Crippen molar-refractivity contribution in [2.24, 2.45) is 4.99 Å². The molecular weight excluding hydrogens is 505 g/mol. The van der Waals surface area contributed by atoms with Crippen LogP contribution in [0.15, 0.2) is 60.2 Å². The molecule has 0 heterocycles. The van der Waals surface area contributed by atoms with Crippen molar-refractivity contribution in [3.05, 3.63) is 82.0 Å². The summed E-state index contributed by atoms with van der Waals surface area (Å²) in [6.07, 6.45) is 3.92. The summed E-state index contributed by atoms with van der Waals surface area (Å²) in [5.41, 5.74) is 6.01. The molecule has 0 saturated carbocycles. The van der Waals surface area contributed by atoms with Crippen LogP contribution in [0.1, 0.15) is 70.6 Å². The Balaban J connectivity index is 2.49. The van der Waals surface area contributed by atoms with Gasteiger partial charge in [-0.1, -0.05) is 88.8 Å². The van der Waals surface area contributed by atoms with Gasteiger partial charge in [-0.25, -0.2) is 4.99 Å². The molecule has 0 aromatic heterocycles. The fraction of sp³-hybridized carbons (Fsp3) is 0.433. The van der Waals surface area contributed by atoms with Crippen LogP contribution in [0.5, 0.6) is 0 Å². The fourth-order valence-electron chi connectivity index (χ4n) is 3.78. The average Bonchev–Trinajstić information content (AvgIpc) is 2.79. The summed E-state index contributed by atoms with van der Waals surface area (Å²) in [7, 11) is 0. The molecule has 0 aliphatic heterocycles. The predicted molar refractivity (Wildman–Crippen MR) is 165 cm³/mol. The highest BCUT2D eigenvalue weighted by Crippen LogP contribution is 2.35. The van der Waals surface area contributed by atoms with Crippen LogP contribution in [0.3, 0.4) is 0 Å². The Bertz CT molecular complexity index is 1080. The number of unbranched alkanes of at least 4 members (excludes halogenated alkanes) is 1. The molecule has 3 nitrogen and oxygen atoms in total. The molecule has 6 heteroatoms. The third kappa shape index (κ3) is 9.30. The van der Waals surface area contributed by atoms with E-state index in [1.807, 2.05) is 12.1 Å². The second-order valence-electron chi connectivity index (χ2n) is 9.56. The summed E-state index contributed by atoms with van der Waals surface area (Å²) < 4.78 is 0. The third-order valence-electron chi connectivity index (χ3n) is 5.71. The molecule has 2 rings (SSSR count). The van der Waals surface area contributed by atoms with Crippen LogP contribution in [-0.2, 0) is 6.42 Å². The number of hydrogen-bond donors (Lipinski definition) is 1. The molecule has 0 atom stereocenters. The van der Waals surface area contributed by atoms with Crippen molar-refractivity contribution in [3.63, 3.8) is 0 Å². The van der Waals surface area contributed by atoms with Gasteiger partial charge in [0, 0.05) is 39.0 Å². The van der Waals surface area contributed by atoms with Crippen molar-refractivity contribution >= 4 is 51.5 Å². The number of nitrogens with zero attached hydrogens (tertiary/aromatic N) is 2. The molecule has 1 N–H and O–H groups in total. The molecular formula is C30H41Cl2N3S. The van der Waals surface area contributed by atoms with E-state index in [0.717, 1.165) is 60.0 Å². The topological polar surface area (TPSA) is 27.6 Å². The van der Waals surface area contributed by atoms with Gasteiger partial charge in [-0.2, -0.15) is 0 Å². The van der Waals surface area contributed by atoms with E-state index in [1.54, 1.807) is 17.8 Å². The van der Waals surface area contributed by atoms with Crippen molar-refractivity contribution in [1.29, 1.82) is 0 Å². The van der Waals surface area contributed by atoms with Crippen LogP contribution in [0.25, 0.3) is 5.70 Å². The molecule has 0 unspecified atom stereocenters. The number of thioether (sulfide) groups is 1. The summed E-state index contributed by atoms with van der Waals surface area (Å²) in [6.45, 7) is 22.8. The van der Waals surface area contributed by atoms with E-state index in [0.29, 0.717) is 21.3 Å². The second kappa shape index (κ2) is 14.9. The van der Waals surface area contributed by atoms with Crippen LogP contribution in [0, 0.1) is 6.92 Å². The number of benzene rings is 2. The smallest absolute Gasteiger partial charge is 0.173 e. The van der Waals surface area contributed by atoms with Gasteiger partial charge in [0.05, 0.1) is 5.02 Å². The average molecular weight is 547 g/mol. The minimum atomic E-state index is 0.318. The molecule has 0 saturated heterocycles. The van der Waals surface area contributed by atoms with E-state index < -0.39 is 0 Å². The van der Waals surface area contributed by atoms with E-state index in [2.05, 4.69) is 83.1 Å². The highest BCUT2D eigenvalue weighted by molar-refractivity contribution is 8.14. The monoisotopic (exact) mass is 545 g/mol. The summed E-state index contributed by atoms with van der Waals surface area (Å²) in [5, 5.41) is 5.79. The van der Waals surface area contributed by atoms with Crippen molar-refractivity contribution in [2.75, 3.05) is 11.4 Å². The first-order valence-corrected chi connectivity index (χ1v) is 14.4. The standard InChI is InChI=1S/C30H41Cl2N3S/c1-9-25-18-27(15-13-22(25)6)35(24(8)28-16-14-26(31)19-29(28)32)30(36-21(4)5)34-23(7)12-10-11-17-33-20(2)3/h13-16,18-21,33H,7-12,17H2,1-6H3. The number of allylic oxidation sites excluding steroid dienone is 1. The Kier molecular flexibility index (Phi) is 12.6. The Morgan fingerprint density at radius 3 is 2.39 bits per heavy atom. The van der Waals surface area contributed by atoms with Crippen LogP contribution in [-0.4, -0.2) is 23.0 Å². The minimum Gasteiger partial charge on any atom is -0.315 e. The number of halogens is 2. The molecule has 2 aromatic carbocycles. The number of nitrogens with one attached hydrogen (secondary N) is 1. The number of aryl methyl sites for hydroxylation is 2. The summed E-state index contributed by atoms with van der Waals surface area (Å²) in [4.78, 5) is 7.17.